The lowest BCUT2D eigenvalue weighted by atomic mass is 10.1. The number of rotatable bonds is 3. The van der Waals surface area contributed by atoms with Crippen molar-refractivity contribution in [2.24, 2.45) is 0 Å². The van der Waals surface area contributed by atoms with Crippen LogP contribution in [0.15, 0.2) is 53.3 Å². The van der Waals surface area contributed by atoms with E-state index < -0.39 is 17.6 Å². The second-order valence-electron chi connectivity index (χ2n) is 6.15. The fourth-order valence-electron chi connectivity index (χ4n) is 2.57. The first-order chi connectivity index (χ1) is 12.9. The van der Waals surface area contributed by atoms with Crippen LogP contribution in [0.3, 0.4) is 0 Å². The normalized spacial score (nSPS) is 10.8. The number of hydrazine groups is 1. The number of aromatic nitrogens is 2. The topological polar surface area (TPSA) is 93.1 Å². The Balaban J connectivity index is 1.89. The number of fused-ring (bicyclic) bond motifs is 1. The number of carbonyl (C=O) groups excluding carboxylic acids is 2. The van der Waals surface area contributed by atoms with Crippen LogP contribution < -0.4 is 16.4 Å². The minimum atomic E-state index is -0.670. The highest BCUT2D eigenvalue weighted by atomic mass is 19.1. The molecule has 0 radical (unpaired) electrons. The van der Waals surface area contributed by atoms with Crippen LogP contribution in [0, 0.1) is 5.82 Å². The first-order valence-electron chi connectivity index (χ1n) is 8.26. The number of nitrogens with zero attached hydrogens (tertiary/aromatic N) is 2. The van der Waals surface area contributed by atoms with E-state index in [0.29, 0.717) is 10.8 Å². The van der Waals surface area contributed by atoms with Gasteiger partial charge in [0.1, 0.15) is 5.82 Å². The Bertz CT molecular complexity index is 1070. The second kappa shape index (κ2) is 7.36. The lowest BCUT2D eigenvalue weighted by molar-refractivity contribution is 0.0843. The van der Waals surface area contributed by atoms with E-state index in [4.69, 9.17) is 0 Å². The molecule has 7 nitrogen and oxygen atoms in total. The van der Waals surface area contributed by atoms with E-state index in [0.717, 1.165) is 12.1 Å². The lowest BCUT2D eigenvalue weighted by Gasteiger charge is -2.13. The number of hydrogen-bond acceptors (Lipinski definition) is 4. The highest BCUT2D eigenvalue weighted by Gasteiger charge is 2.18. The predicted molar refractivity (Wildman–Crippen MR) is 97.7 cm³/mol. The number of benzene rings is 2. The van der Waals surface area contributed by atoms with E-state index in [1.807, 2.05) is 0 Å². The van der Waals surface area contributed by atoms with Gasteiger partial charge in [-0.15, -0.1) is 0 Å². The Morgan fingerprint density at radius 3 is 2.19 bits per heavy atom. The van der Waals surface area contributed by atoms with E-state index in [1.165, 1.54) is 16.8 Å². The van der Waals surface area contributed by atoms with Crippen LogP contribution in [0.25, 0.3) is 10.8 Å². The van der Waals surface area contributed by atoms with Crippen LogP contribution in [-0.4, -0.2) is 21.6 Å². The Labute approximate surface area is 153 Å². The average Bonchev–Trinajstić information content (AvgIpc) is 2.66. The molecule has 1 aromatic heterocycles. The molecule has 8 heteroatoms. The zero-order valence-electron chi connectivity index (χ0n) is 14.7. The van der Waals surface area contributed by atoms with Gasteiger partial charge in [-0.2, -0.15) is 5.10 Å². The molecular weight excluding hydrogens is 351 g/mol. The van der Waals surface area contributed by atoms with Gasteiger partial charge in [-0.25, -0.2) is 9.07 Å². The maximum Gasteiger partial charge on any atom is 0.290 e. The molecule has 0 aliphatic carbocycles. The standard InChI is InChI=1S/C19H17FN4O3/c1-11(2)24-19(27)15-6-4-3-5-14(15)16(23-24)18(26)22-21-17(25)12-7-9-13(20)10-8-12/h3-11H,1-2H3,(H,21,25)(H,22,26). The zero-order valence-corrected chi connectivity index (χ0v) is 14.7. The molecule has 0 atom stereocenters. The molecule has 3 rings (SSSR count). The minimum Gasteiger partial charge on any atom is -0.267 e. The molecule has 0 bridgehead atoms. The first kappa shape index (κ1) is 18.2. The third kappa shape index (κ3) is 3.69. The monoisotopic (exact) mass is 368 g/mol. The van der Waals surface area contributed by atoms with Crippen LogP contribution in [0.4, 0.5) is 4.39 Å². The summed E-state index contributed by atoms with van der Waals surface area (Å²) < 4.78 is 14.2. The maximum atomic E-state index is 12.9. The summed E-state index contributed by atoms with van der Waals surface area (Å²) in [5.41, 5.74) is 4.43. The van der Waals surface area contributed by atoms with E-state index in [9.17, 15) is 18.8 Å². The molecule has 1 heterocycles. The van der Waals surface area contributed by atoms with Gasteiger partial charge < -0.3 is 0 Å². The quantitative estimate of drug-likeness (QED) is 0.693. The van der Waals surface area contributed by atoms with Gasteiger partial charge in [-0.05, 0) is 44.2 Å². The van der Waals surface area contributed by atoms with Gasteiger partial charge in [0.25, 0.3) is 17.4 Å². The molecule has 2 amide bonds. The maximum absolute atomic E-state index is 12.9. The third-order valence-electron chi connectivity index (χ3n) is 3.93. The van der Waals surface area contributed by atoms with Gasteiger partial charge in [0.05, 0.1) is 11.4 Å². The Morgan fingerprint density at radius 1 is 0.963 bits per heavy atom. The molecular formula is C19H17FN4O3. The van der Waals surface area contributed by atoms with Gasteiger partial charge in [0.2, 0.25) is 0 Å². The molecule has 0 aliphatic heterocycles. The molecule has 27 heavy (non-hydrogen) atoms. The van der Waals surface area contributed by atoms with Gasteiger partial charge in [0, 0.05) is 10.9 Å². The number of hydrogen-bond donors (Lipinski definition) is 2. The Morgan fingerprint density at radius 2 is 1.56 bits per heavy atom. The van der Waals surface area contributed by atoms with Crippen LogP contribution in [0.5, 0.6) is 0 Å². The summed E-state index contributed by atoms with van der Waals surface area (Å²) >= 11 is 0. The lowest BCUT2D eigenvalue weighted by Crippen LogP contribution is -2.43. The van der Waals surface area contributed by atoms with Crippen molar-refractivity contribution in [2.75, 3.05) is 0 Å². The molecule has 0 unspecified atom stereocenters. The summed E-state index contributed by atoms with van der Waals surface area (Å²) in [6.07, 6.45) is 0. The largest absolute Gasteiger partial charge is 0.290 e. The van der Waals surface area contributed by atoms with Gasteiger partial charge in [-0.3, -0.25) is 25.2 Å². The molecule has 0 saturated heterocycles. The van der Waals surface area contributed by atoms with Crippen LogP contribution in [0.2, 0.25) is 0 Å². The zero-order chi connectivity index (χ0) is 19.6. The van der Waals surface area contributed by atoms with Crippen molar-refractivity contribution in [3.8, 4) is 0 Å². The number of amides is 2. The summed E-state index contributed by atoms with van der Waals surface area (Å²) in [6.45, 7) is 3.56. The third-order valence-corrected chi connectivity index (χ3v) is 3.93. The SMILES string of the molecule is CC(C)n1nc(C(=O)NNC(=O)c2ccc(F)cc2)c2ccccc2c1=O. The Kier molecular flexibility index (Phi) is 4.98. The smallest absolute Gasteiger partial charge is 0.267 e. The summed E-state index contributed by atoms with van der Waals surface area (Å²) in [5.74, 6) is -1.75. The highest BCUT2D eigenvalue weighted by molar-refractivity contribution is 6.06. The number of nitrogens with one attached hydrogen (secondary N) is 2. The van der Waals surface area contributed by atoms with Crippen molar-refractivity contribution in [1.29, 1.82) is 0 Å². The van der Waals surface area contributed by atoms with Crippen molar-refractivity contribution < 1.29 is 14.0 Å². The highest BCUT2D eigenvalue weighted by Crippen LogP contribution is 2.14. The molecule has 138 valence electrons. The summed E-state index contributed by atoms with van der Waals surface area (Å²) in [7, 11) is 0. The van der Waals surface area contributed by atoms with E-state index in [-0.39, 0.29) is 22.9 Å². The van der Waals surface area contributed by atoms with Gasteiger partial charge in [0.15, 0.2) is 5.69 Å². The van der Waals surface area contributed by atoms with Crippen LogP contribution in [-0.2, 0) is 0 Å². The van der Waals surface area contributed by atoms with Crippen molar-refractivity contribution in [3.05, 3.63) is 76.0 Å². The van der Waals surface area contributed by atoms with Crippen LogP contribution in [0.1, 0.15) is 40.7 Å². The molecule has 0 spiro atoms. The van der Waals surface area contributed by atoms with E-state index in [2.05, 4.69) is 16.0 Å². The molecule has 0 saturated carbocycles. The van der Waals surface area contributed by atoms with Crippen molar-refractivity contribution in [2.45, 2.75) is 19.9 Å². The number of carbonyl (C=O) groups is 2. The second-order valence-corrected chi connectivity index (χ2v) is 6.15. The summed E-state index contributed by atoms with van der Waals surface area (Å²) in [4.78, 5) is 37.1. The molecule has 2 aromatic carbocycles. The average molecular weight is 368 g/mol. The van der Waals surface area contributed by atoms with Crippen molar-refractivity contribution in [3.63, 3.8) is 0 Å². The molecule has 0 fully saturated rings. The van der Waals surface area contributed by atoms with Crippen molar-refractivity contribution in [1.82, 2.24) is 20.6 Å². The van der Waals surface area contributed by atoms with Crippen LogP contribution >= 0.6 is 0 Å². The van der Waals surface area contributed by atoms with Crippen molar-refractivity contribution >= 4 is 22.6 Å². The molecule has 3 aromatic rings. The number of halogens is 1. The molecule has 2 N–H and O–H groups in total. The minimum absolute atomic E-state index is 0.0123. The summed E-state index contributed by atoms with van der Waals surface area (Å²) in [5, 5.41) is 4.89. The van der Waals surface area contributed by atoms with Gasteiger partial charge >= 0.3 is 0 Å². The fourth-order valence-corrected chi connectivity index (χ4v) is 2.57. The fraction of sp³-hybridized carbons (Fsp3) is 0.158. The van der Waals surface area contributed by atoms with E-state index >= 15 is 0 Å². The predicted octanol–water partition coefficient (Wildman–Crippen LogP) is 2.19. The van der Waals surface area contributed by atoms with Gasteiger partial charge in [-0.1, -0.05) is 18.2 Å². The molecule has 0 aliphatic rings. The summed E-state index contributed by atoms with van der Waals surface area (Å²) in [6, 6.07) is 11.3. The van der Waals surface area contributed by atoms with E-state index in [1.54, 1.807) is 38.1 Å². The Hall–Kier alpha value is -3.55. The first-order valence-corrected chi connectivity index (χ1v) is 8.26.